The lowest BCUT2D eigenvalue weighted by Crippen LogP contribution is -2.05. The van der Waals surface area contributed by atoms with Gasteiger partial charge in [-0.2, -0.15) is 0 Å². The molecule has 0 heterocycles. The lowest BCUT2D eigenvalue weighted by Gasteiger charge is -2.12. The molecule has 1 aromatic carbocycles. The van der Waals surface area contributed by atoms with E-state index in [9.17, 15) is 0 Å². The van der Waals surface area contributed by atoms with Gasteiger partial charge in [-0.05, 0) is 31.9 Å². The summed E-state index contributed by atoms with van der Waals surface area (Å²) < 4.78 is 15.9. The third-order valence-corrected chi connectivity index (χ3v) is 2.73. The standard InChI is InChI=1S/C14H21NO4/c1-11(15-16)13-7-6-12(18-3)10-14(13)19-9-5-4-8-17-2/h6-7,10,16H,4-5,8-9H2,1-3H3/b15-11+. The molecule has 0 aromatic heterocycles. The molecular weight excluding hydrogens is 246 g/mol. The van der Waals surface area contributed by atoms with Gasteiger partial charge in [0, 0.05) is 25.3 Å². The van der Waals surface area contributed by atoms with Crippen LogP contribution in [0.25, 0.3) is 0 Å². The molecule has 0 amide bonds. The van der Waals surface area contributed by atoms with Crippen LogP contribution in [0.15, 0.2) is 23.4 Å². The van der Waals surface area contributed by atoms with Crippen molar-refractivity contribution in [1.82, 2.24) is 0 Å². The molecule has 0 aliphatic rings. The smallest absolute Gasteiger partial charge is 0.132 e. The fourth-order valence-corrected chi connectivity index (χ4v) is 1.63. The van der Waals surface area contributed by atoms with Gasteiger partial charge in [-0.1, -0.05) is 5.16 Å². The summed E-state index contributed by atoms with van der Waals surface area (Å²) in [7, 11) is 3.28. The summed E-state index contributed by atoms with van der Waals surface area (Å²) >= 11 is 0. The van der Waals surface area contributed by atoms with Crippen molar-refractivity contribution in [3.05, 3.63) is 23.8 Å². The fraction of sp³-hybridized carbons (Fsp3) is 0.500. The SMILES string of the molecule is COCCCCOc1cc(OC)ccc1/C(C)=N/O. The quantitative estimate of drug-likeness (QED) is 0.340. The van der Waals surface area contributed by atoms with Crippen LogP contribution >= 0.6 is 0 Å². The molecule has 0 spiro atoms. The second-order valence-electron chi connectivity index (χ2n) is 4.10. The molecule has 1 aromatic rings. The van der Waals surface area contributed by atoms with E-state index in [1.165, 1.54) is 0 Å². The molecule has 0 aliphatic heterocycles. The molecule has 5 heteroatoms. The second kappa shape index (κ2) is 8.37. The van der Waals surface area contributed by atoms with E-state index in [1.807, 2.05) is 12.1 Å². The van der Waals surface area contributed by atoms with Crippen LogP contribution in [-0.2, 0) is 4.74 Å². The van der Waals surface area contributed by atoms with Gasteiger partial charge in [0.2, 0.25) is 0 Å². The lowest BCUT2D eigenvalue weighted by atomic mass is 10.1. The molecular formula is C14H21NO4. The summed E-state index contributed by atoms with van der Waals surface area (Å²) in [6.07, 6.45) is 1.85. The summed E-state index contributed by atoms with van der Waals surface area (Å²) in [4.78, 5) is 0. The zero-order valence-electron chi connectivity index (χ0n) is 11.7. The Bertz CT molecular complexity index is 418. The molecule has 106 valence electrons. The molecule has 1 rings (SSSR count). The van der Waals surface area contributed by atoms with Crippen LogP contribution in [0.1, 0.15) is 25.3 Å². The maximum Gasteiger partial charge on any atom is 0.132 e. The minimum absolute atomic E-state index is 0.509. The first kappa shape index (κ1) is 15.3. The maximum absolute atomic E-state index is 8.87. The highest BCUT2D eigenvalue weighted by molar-refractivity contribution is 6.00. The molecule has 1 N–H and O–H groups in total. The average Bonchev–Trinajstić information content (AvgIpc) is 2.46. The van der Waals surface area contributed by atoms with E-state index in [0.29, 0.717) is 23.8 Å². The zero-order valence-corrected chi connectivity index (χ0v) is 11.7. The van der Waals surface area contributed by atoms with Gasteiger partial charge in [0.1, 0.15) is 11.5 Å². The fourth-order valence-electron chi connectivity index (χ4n) is 1.63. The molecule has 0 unspecified atom stereocenters. The number of hydrogen-bond acceptors (Lipinski definition) is 5. The lowest BCUT2D eigenvalue weighted by molar-refractivity contribution is 0.184. The Morgan fingerprint density at radius 3 is 2.58 bits per heavy atom. The Labute approximate surface area is 113 Å². The van der Waals surface area contributed by atoms with Crippen LogP contribution in [0.4, 0.5) is 0 Å². The highest BCUT2D eigenvalue weighted by Gasteiger charge is 2.09. The molecule has 19 heavy (non-hydrogen) atoms. The van der Waals surface area contributed by atoms with E-state index < -0.39 is 0 Å². The van der Waals surface area contributed by atoms with Gasteiger partial charge in [0.25, 0.3) is 0 Å². The summed E-state index contributed by atoms with van der Waals surface area (Å²) in [6.45, 7) is 3.04. The monoisotopic (exact) mass is 267 g/mol. The Balaban J connectivity index is 2.72. The minimum atomic E-state index is 0.509. The largest absolute Gasteiger partial charge is 0.497 e. The van der Waals surface area contributed by atoms with Crippen molar-refractivity contribution < 1.29 is 19.4 Å². The Kier molecular flexibility index (Phi) is 6.74. The Morgan fingerprint density at radius 1 is 1.21 bits per heavy atom. The van der Waals surface area contributed by atoms with Crippen LogP contribution < -0.4 is 9.47 Å². The normalized spacial score (nSPS) is 11.4. The molecule has 0 saturated heterocycles. The van der Waals surface area contributed by atoms with E-state index in [1.54, 1.807) is 27.2 Å². The molecule has 0 aliphatic carbocycles. The predicted octanol–water partition coefficient (Wildman–Crippen LogP) is 2.70. The van der Waals surface area contributed by atoms with Crippen molar-refractivity contribution in [1.29, 1.82) is 0 Å². The van der Waals surface area contributed by atoms with E-state index in [2.05, 4.69) is 5.16 Å². The molecule has 0 radical (unpaired) electrons. The maximum atomic E-state index is 8.87. The molecule has 0 fully saturated rings. The van der Waals surface area contributed by atoms with Crippen LogP contribution in [0, 0.1) is 0 Å². The van der Waals surface area contributed by atoms with Gasteiger partial charge < -0.3 is 19.4 Å². The summed E-state index contributed by atoms with van der Waals surface area (Å²) in [5, 5.41) is 12.1. The molecule has 0 atom stereocenters. The van der Waals surface area contributed by atoms with Gasteiger partial charge in [-0.25, -0.2) is 0 Å². The van der Waals surface area contributed by atoms with Crippen molar-refractivity contribution in [3.8, 4) is 11.5 Å². The molecule has 0 bridgehead atoms. The van der Waals surface area contributed by atoms with Crippen molar-refractivity contribution in [2.24, 2.45) is 5.16 Å². The first-order chi connectivity index (χ1) is 9.22. The number of methoxy groups -OCH3 is 2. The Morgan fingerprint density at radius 2 is 1.95 bits per heavy atom. The number of benzene rings is 1. The van der Waals surface area contributed by atoms with Crippen molar-refractivity contribution >= 4 is 5.71 Å². The van der Waals surface area contributed by atoms with Crippen molar-refractivity contribution in [2.75, 3.05) is 27.4 Å². The van der Waals surface area contributed by atoms with Gasteiger partial charge in [-0.15, -0.1) is 0 Å². The van der Waals surface area contributed by atoms with Gasteiger partial charge >= 0.3 is 0 Å². The van der Waals surface area contributed by atoms with E-state index in [-0.39, 0.29) is 0 Å². The second-order valence-corrected chi connectivity index (χ2v) is 4.10. The predicted molar refractivity (Wildman–Crippen MR) is 73.6 cm³/mol. The van der Waals surface area contributed by atoms with Crippen LogP contribution in [0.2, 0.25) is 0 Å². The number of oxime groups is 1. The third kappa shape index (κ3) is 4.79. The first-order valence-corrected chi connectivity index (χ1v) is 6.21. The summed E-state index contributed by atoms with van der Waals surface area (Å²) in [6, 6.07) is 5.42. The first-order valence-electron chi connectivity index (χ1n) is 6.21. The Hall–Kier alpha value is -1.75. The number of rotatable bonds is 8. The number of nitrogens with zero attached hydrogens (tertiary/aromatic N) is 1. The van der Waals surface area contributed by atoms with Crippen molar-refractivity contribution in [3.63, 3.8) is 0 Å². The van der Waals surface area contributed by atoms with Crippen LogP contribution in [0.5, 0.6) is 11.5 Å². The van der Waals surface area contributed by atoms with Crippen LogP contribution in [0.3, 0.4) is 0 Å². The van der Waals surface area contributed by atoms with Crippen LogP contribution in [-0.4, -0.2) is 38.4 Å². The van der Waals surface area contributed by atoms with Gasteiger partial charge in [-0.3, -0.25) is 0 Å². The molecule has 0 saturated carbocycles. The number of unbranched alkanes of at least 4 members (excludes halogenated alkanes) is 1. The minimum Gasteiger partial charge on any atom is -0.497 e. The number of ether oxygens (including phenoxy) is 3. The molecule has 5 nitrogen and oxygen atoms in total. The van der Waals surface area contributed by atoms with E-state index in [4.69, 9.17) is 19.4 Å². The van der Waals surface area contributed by atoms with Crippen molar-refractivity contribution in [2.45, 2.75) is 19.8 Å². The van der Waals surface area contributed by atoms with Gasteiger partial charge in [0.05, 0.1) is 19.4 Å². The van der Waals surface area contributed by atoms with E-state index in [0.717, 1.165) is 25.0 Å². The average molecular weight is 267 g/mol. The topological polar surface area (TPSA) is 60.3 Å². The van der Waals surface area contributed by atoms with E-state index >= 15 is 0 Å². The third-order valence-electron chi connectivity index (χ3n) is 2.73. The summed E-state index contributed by atoms with van der Waals surface area (Å²) in [5.41, 5.74) is 1.27. The highest BCUT2D eigenvalue weighted by Crippen LogP contribution is 2.25. The zero-order chi connectivity index (χ0) is 14.1. The van der Waals surface area contributed by atoms with Gasteiger partial charge in [0.15, 0.2) is 0 Å². The highest BCUT2D eigenvalue weighted by atomic mass is 16.5. The number of hydrogen-bond donors (Lipinski definition) is 1. The summed E-state index contributed by atoms with van der Waals surface area (Å²) in [5.74, 6) is 1.37.